The first-order valence-electron chi connectivity index (χ1n) is 5.44. The Morgan fingerprint density at radius 1 is 1.33 bits per heavy atom. The Labute approximate surface area is 105 Å². The Bertz CT molecular complexity index is 523. The summed E-state index contributed by atoms with van der Waals surface area (Å²) in [7, 11) is -3.55. The minimum absolute atomic E-state index is 0.104. The zero-order valence-corrected chi connectivity index (χ0v) is 10.5. The first-order chi connectivity index (χ1) is 8.47. The summed E-state index contributed by atoms with van der Waals surface area (Å²) in [6.07, 6.45) is -0.515. The van der Waals surface area contributed by atoms with Crippen molar-refractivity contribution in [3.8, 4) is 0 Å². The maximum atomic E-state index is 11.5. The summed E-state index contributed by atoms with van der Waals surface area (Å²) in [6, 6.07) is 9.26. The van der Waals surface area contributed by atoms with E-state index in [1.54, 1.807) is 0 Å². The van der Waals surface area contributed by atoms with E-state index in [-0.39, 0.29) is 19.7 Å². The number of hydrogen-bond acceptors (Lipinski definition) is 4. The first-order valence-corrected chi connectivity index (χ1v) is 7.05. The van der Waals surface area contributed by atoms with Crippen molar-refractivity contribution >= 4 is 16.1 Å². The quantitative estimate of drug-likeness (QED) is 0.855. The monoisotopic (exact) mass is 270 g/mol. The first kappa shape index (κ1) is 12.8. The molecule has 2 N–H and O–H groups in total. The summed E-state index contributed by atoms with van der Waals surface area (Å²) < 4.78 is 27.0. The van der Waals surface area contributed by atoms with E-state index in [2.05, 4.69) is 0 Å². The number of rotatable bonds is 3. The molecule has 0 saturated carbocycles. The van der Waals surface area contributed by atoms with Crippen molar-refractivity contribution in [1.29, 1.82) is 0 Å². The van der Waals surface area contributed by atoms with Crippen LogP contribution in [0, 0.1) is 0 Å². The number of benzene rings is 1. The lowest BCUT2D eigenvalue weighted by atomic mass is 10.2. The standard InChI is InChI=1S/C11H14N2O4S/c12-18(15,16)10-6-13(7-10)11(14)17-8-9-4-2-1-3-5-9/h1-5,10H,6-8H2,(H2,12,15,16). The Morgan fingerprint density at radius 3 is 2.50 bits per heavy atom. The summed E-state index contributed by atoms with van der Waals surface area (Å²) in [4.78, 5) is 12.9. The number of sulfonamides is 1. The molecule has 1 aliphatic heterocycles. The van der Waals surface area contributed by atoms with Gasteiger partial charge in [0.25, 0.3) is 0 Å². The molecule has 0 aliphatic carbocycles. The molecule has 0 bridgehead atoms. The molecule has 6 nitrogen and oxygen atoms in total. The molecule has 0 aromatic heterocycles. The molecule has 0 radical (unpaired) electrons. The van der Waals surface area contributed by atoms with Crippen molar-refractivity contribution < 1.29 is 17.9 Å². The molecule has 1 heterocycles. The second kappa shape index (κ2) is 4.95. The fourth-order valence-corrected chi connectivity index (χ4v) is 2.38. The van der Waals surface area contributed by atoms with E-state index < -0.39 is 21.4 Å². The number of amides is 1. The lowest BCUT2D eigenvalue weighted by Crippen LogP contribution is -2.58. The van der Waals surface area contributed by atoms with Crippen molar-refractivity contribution in [3.05, 3.63) is 35.9 Å². The number of primary sulfonamides is 1. The zero-order chi connectivity index (χ0) is 13.2. The summed E-state index contributed by atoms with van der Waals surface area (Å²) >= 11 is 0. The van der Waals surface area contributed by atoms with Crippen LogP contribution in [0.25, 0.3) is 0 Å². The normalized spacial score (nSPS) is 16.2. The topological polar surface area (TPSA) is 89.7 Å². The molecular formula is C11H14N2O4S. The third-order valence-electron chi connectivity index (χ3n) is 2.78. The zero-order valence-electron chi connectivity index (χ0n) is 9.65. The Balaban J connectivity index is 1.78. The highest BCUT2D eigenvalue weighted by molar-refractivity contribution is 7.89. The van der Waals surface area contributed by atoms with Gasteiger partial charge in [-0.25, -0.2) is 18.4 Å². The van der Waals surface area contributed by atoms with Crippen LogP contribution in [-0.4, -0.2) is 37.8 Å². The van der Waals surface area contributed by atoms with Crippen LogP contribution in [0.15, 0.2) is 30.3 Å². The molecule has 1 fully saturated rings. The van der Waals surface area contributed by atoms with Gasteiger partial charge in [-0.3, -0.25) is 0 Å². The van der Waals surface area contributed by atoms with Crippen LogP contribution < -0.4 is 5.14 Å². The van der Waals surface area contributed by atoms with Crippen LogP contribution in [0.5, 0.6) is 0 Å². The van der Waals surface area contributed by atoms with Crippen molar-refractivity contribution in [2.24, 2.45) is 5.14 Å². The van der Waals surface area contributed by atoms with Crippen molar-refractivity contribution in [2.75, 3.05) is 13.1 Å². The van der Waals surface area contributed by atoms with Crippen LogP contribution >= 0.6 is 0 Å². The van der Waals surface area contributed by atoms with Crippen LogP contribution in [0.4, 0.5) is 4.79 Å². The lowest BCUT2D eigenvalue weighted by Gasteiger charge is -2.36. The molecule has 98 valence electrons. The predicted molar refractivity (Wildman–Crippen MR) is 65.1 cm³/mol. The molecule has 1 aliphatic rings. The van der Waals surface area contributed by atoms with Gasteiger partial charge in [0.05, 0.1) is 0 Å². The summed E-state index contributed by atoms with van der Waals surface area (Å²) in [5.41, 5.74) is 0.884. The van der Waals surface area contributed by atoms with Crippen molar-refractivity contribution in [3.63, 3.8) is 0 Å². The van der Waals surface area contributed by atoms with E-state index >= 15 is 0 Å². The average molecular weight is 270 g/mol. The van der Waals surface area contributed by atoms with Gasteiger partial charge in [-0.2, -0.15) is 0 Å². The van der Waals surface area contributed by atoms with Crippen LogP contribution in [0.1, 0.15) is 5.56 Å². The number of carbonyl (C=O) groups is 1. The van der Waals surface area contributed by atoms with E-state index in [4.69, 9.17) is 9.88 Å². The number of nitrogens with two attached hydrogens (primary N) is 1. The number of ether oxygens (including phenoxy) is 1. The van der Waals surface area contributed by atoms with E-state index in [1.807, 2.05) is 30.3 Å². The van der Waals surface area contributed by atoms with Gasteiger partial charge in [-0.05, 0) is 5.56 Å². The van der Waals surface area contributed by atoms with E-state index in [9.17, 15) is 13.2 Å². The largest absolute Gasteiger partial charge is 0.445 e. The van der Waals surface area contributed by atoms with E-state index in [1.165, 1.54) is 4.90 Å². The molecule has 0 atom stereocenters. The molecule has 7 heteroatoms. The molecule has 1 amide bonds. The summed E-state index contributed by atoms with van der Waals surface area (Å²) in [6.45, 7) is 0.384. The smallest absolute Gasteiger partial charge is 0.410 e. The SMILES string of the molecule is NS(=O)(=O)C1CN(C(=O)OCc2ccccc2)C1. The number of carbonyl (C=O) groups excluding carboxylic acids is 1. The number of nitrogens with zero attached hydrogens (tertiary/aromatic N) is 1. The van der Waals surface area contributed by atoms with Gasteiger partial charge >= 0.3 is 6.09 Å². The highest BCUT2D eigenvalue weighted by Gasteiger charge is 2.38. The van der Waals surface area contributed by atoms with Crippen LogP contribution in [0.2, 0.25) is 0 Å². The number of likely N-dealkylation sites (tertiary alicyclic amines) is 1. The van der Waals surface area contributed by atoms with Crippen molar-refractivity contribution in [1.82, 2.24) is 4.90 Å². The second-order valence-electron chi connectivity index (χ2n) is 4.16. The van der Waals surface area contributed by atoms with Gasteiger partial charge in [-0.1, -0.05) is 30.3 Å². The molecule has 1 saturated heterocycles. The Kier molecular flexibility index (Phi) is 3.53. The highest BCUT2D eigenvalue weighted by atomic mass is 32.2. The third kappa shape index (κ3) is 2.99. The third-order valence-corrected chi connectivity index (χ3v) is 4.00. The highest BCUT2D eigenvalue weighted by Crippen LogP contribution is 2.15. The van der Waals surface area contributed by atoms with Gasteiger partial charge in [-0.15, -0.1) is 0 Å². The molecular weight excluding hydrogens is 256 g/mol. The van der Waals surface area contributed by atoms with Crippen LogP contribution in [0.3, 0.4) is 0 Å². The second-order valence-corrected chi connectivity index (χ2v) is 6.00. The summed E-state index contributed by atoms with van der Waals surface area (Å²) in [5.74, 6) is 0. The molecule has 1 aromatic carbocycles. The van der Waals surface area contributed by atoms with E-state index in [0.717, 1.165) is 5.56 Å². The predicted octanol–water partition coefficient (Wildman–Crippen LogP) is 0.296. The summed E-state index contributed by atoms with van der Waals surface area (Å²) in [5, 5.41) is 4.30. The molecule has 2 rings (SSSR count). The fourth-order valence-electron chi connectivity index (χ4n) is 1.61. The van der Waals surface area contributed by atoms with Gasteiger partial charge < -0.3 is 9.64 Å². The van der Waals surface area contributed by atoms with E-state index in [0.29, 0.717) is 0 Å². The molecule has 1 aromatic rings. The lowest BCUT2D eigenvalue weighted by molar-refractivity contribution is 0.0768. The van der Waals surface area contributed by atoms with Crippen molar-refractivity contribution in [2.45, 2.75) is 11.9 Å². The average Bonchev–Trinajstić information content (AvgIpc) is 2.24. The van der Waals surface area contributed by atoms with Crippen LogP contribution in [-0.2, 0) is 21.4 Å². The number of hydrogen-bond donors (Lipinski definition) is 1. The Morgan fingerprint density at radius 2 is 1.94 bits per heavy atom. The Hall–Kier alpha value is -1.60. The van der Waals surface area contributed by atoms with Gasteiger partial charge in [0, 0.05) is 13.1 Å². The minimum atomic E-state index is -3.55. The maximum absolute atomic E-state index is 11.5. The van der Waals surface area contributed by atoms with Gasteiger partial charge in [0.1, 0.15) is 11.9 Å². The molecule has 0 unspecified atom stereocenters. The maximum Gasteiger partial charge on any atom is 0.410 e. The minimum Gasteiger partial charge on any atom is -0.445 e. The van der Waals surface area contributed by atoms with Gasteiger partial charge in [0.15, 0.2) is 0 Å². The van der Waals surface area contributed by atoms with Gasteiger partial charge in [0.2, 0.25) is 10.0 Å². The fraction of sp³-hybridized carbons (Fsp3) is 0.364. The molecule has 18 heavy (non-hydrogen) atoms. The molecule has 0 spiro atoms.